The Morgan fingerprint density at radius 3 is 2.24 bits per heavy atom. The van der Waals surface area contributed by atoms with E-state index in [0.29, 0.717) is 36.4 Å². The summed E-state index contributed by atoms with van der Waals surface area (Å²) in [5.74, 6) is -0.106. The number of nitrogens with one attached hydrogen (secondary N) is 1. The monoisotopic (exact) mass is 817 g/mol. The van der Waals surface area contributed by atoms with Crippen LogP contribution >= 0.6 is 11.6 Å². The van der Waals surface area contributed by atoms with E-state index in [1.165, 1.54) is 5.57 Å². The number of hydrogen-bond donors (Lipinski definition) is 2. The molecule has 0 amide bonds. The summed E-state index contributed by atoms with van der Waals surface area (Å²) in [6, 6.07) is 7.48. The third-order valence-electron chi connectivity index (χ3n) is 17.3. The molecule has 1 aromatic carbocycles. The summed E-state index contributed by atoms with van der Waals surface area (Å²) in [6.45, 7) is 22.9. The highest BCUT2D eigenvalue weighted by atomic mass is 35.5. The van der Waals surface area contributed by atoms with Gasteiger partial charge in [0.1, 0.15) is 6.10 Å². The first kappa shape index (κ1) is 42.9. The molecular weight excluding hydrogens is 750 g/mol. The standard InChI is InChI=1S/C48H68ClN3O6/c1-28(2)38-33(53)26-48(40-29(3)41(55)52(51(40)25-24-50-11)31-14-12-30(49)13-15-31)23-22-46(9)32(39(38)48)16-17-35-45(8)20-19-36(58-37(54)27-43(4,5)42(56)57)44(6,7)34(45)18-21-47(35,46)10/h12-15,28,32,34-36,50H,16-27H2,1-11H3,(H,56,57)/t32-,34+,35-,36+,45+,46-,47-,48-/m1/s1. The first-order chi connectivity index (χ1) is 27.0. The lowest BCUT2D eigenvalue weighted by Gasteiger charge is -2.72. The molecule has 0 spiro atoms. The van der Waals surface area contributed by atoms with E-state index in [0.717, 1.165) is 73.9 Å². The highest BCUT2D eigenvalue weighted by molar-refractivity contribution is 6.30. The SMILES string of the molecule is CNCCn1c([C@@]23CC[C@]4(C)[C@H](CC[C@@H]5[C@@]6(C)CC[C@H](OC(=O)CC(C)(C)C(=O)O)C(C)(C)[C@@H]6CC[C@]54C)C2=C(C(C)C)C(=O)C3)c(C)c(=O)n1-c1ccc(Cl)cc1. The van der Waals surface area contributed by atoms with Crippen LogP contribution in [-0.2, 0) is 31.1 Å². The molecule has 0 saturated heterocycles. The number of aliphatic carboxylic acids is 1. The number of likely N-dealkylation sites (N-methyl/N-ethyl adjacent to an activating group) is 1. The van der Waals surface area contributed by atoms with Crippen LogP contribution in [0.4, 0.5) is 0 Å². The van der Waals surface area contributed by atoms with Crippen LogP contribution in [0.25, 0.3) is 5.69 Å². The zero-order chi connectivity index (χ0) is 42.5. The Hall–Kier alpha value is -3.17. The molecule has 5 aliphatic rings. The molecule has 0 radical (unpaired) electrons. The maximum Gasteiger partial charge on any atom is 0.309 e. The molecule has 0 unspecified atom stereocenters. The molecule has 10 heteroatoms. The lowest BCUT2D eigenvalue weighted by atomic mass is 9.33. The highest BCUT2D eigenvalue weighted by Gasteiger charge is 2.71. The van der Waals surface area contributed by atoms with Gasteiger partial charge in [0.2, 0.25) is 0 Å². The van der Waals surface area contributed by atoms with E-state index in [2.05, 4.69) is 58.5 Å². The molecule has 2 aromatic rings. The summed E-state index contributed by atoms with van der Waals surface area (Å²) < 4.78 is 10.2. The number of Topliss-reactive ketones (excluding diaryl/α,β-unsaturated/α-hetero) is 1. The molecule has 7 rings (SSSR count). The van der Waals surface area contributed by atoms with E-state index in [9.17, 15) is 24.3 Å². The fraction of sp³-hybridized carbons (Fsp3) is 0.708. The predicted octanol–water partition coefficient (Wildman–Crippen LogP) is 9.47. The van der Waals surface area contributed by atoms with Crippen LogP contribution in [-0.4, -0.2) is 51.9 Å². The first-order valence-electron chi connectivity index (χ1n) is 22.0. The summed E-state index contributed by atoms with van der Waals surface area (Å²) in [6.07, 6.45) is 7.67. The number of carboxylic acid groups (broad SMARTS) is 1. The van der Waals surface area contributed by atoms with Gasteiger partial charge in [-0.25, -0.2) is 4.68 Å². The van der Waals surface area contributed by atoms with Crippen molar-refractivity contribution in [3.63, 3.8) is 0 Å². The van der Waals surface area contributed by atoms with Gasteiger partial charge in [-0.1, -0.05) is 60.1 Å². The summed E-state index contributed by atoms with van der Waals surface area (Å²) in [7, 11) is 1.93. The summed E-state index contributed by atoms with van der Waals surface area (Å²) in [5.41, 5.74) is 2.75. The molecule has 0 aliphatic heterocycles. The molecule has 58 heavy (non-hydrogen) atoms. The summed E-state index contributed by atoms with van der Waals surface area (Å²) >= 11 is 6.32. The van der Waals surface area contributed by atoms with Gasteiger partial charge in [0.25, 0.3) is 5.56 Å². The smallest absolute Gasteiger partial charge is 0.309 e. The Kier molecular flexibility index (Phi) is 10.7. The van der Waals surface area contributed by atoms with Gasteiger partial charge in [0.15, 0.2) is 5.78 Å². The van der Waals surface area contributed by atoms with Crippen LogP contribution < -0.4 is 10.9 Å². The Bertz CT molecular complexity index is 2090. The Labute approximate surface area is 350 Å². The fourth-order valence-corrected chi connectivity index (χ4v) is 14.4. The normalized spacial score (nSPS) is 34.3. The molecule has 4 fully saturated rings. The number of ether oxygens (including phenoxy) is 1. The predicted molar refractivity (Wildman–Crippen MR) is 228 cm³/mol. The maximum absolute atomic E-state index is 14.6. The van der Waals surface area contributed by atoms with E-state index >= 15 is 0 Å². The van der Waals surface area contributed by atoms with Crippen molar-refractivity contribution in [2.24, 2.45) is 50.7 Å². The number of allylic oxidation sites excluding steroid dienone is 2. The fourth-order valence-electron chi connectivity index (χ4n) is 14.3. The highest BCUT2D eigenvalue weighted by Crippen LogP contribution is 2.77. The van der Waals surface area contributed by atoms with E-state index < -0.39 is 22.8 Å². The van der Waals surface area contributed by atoms with Gasteiger partial charge >= 0.3 is 11.9 Å². The van der Waals surface area contributed by atoms with Crippen LogP contribution in [0.1, 0.15) is 138 Å². The maximum atomic E-state index is 14.6. The van der Waals surface area contributed by atoms with Gasteiger partial charge in [-0.2, -0.15) is 0 Å². The first-order valence-corrected chi connectivity index (χ1v) is 22.3. The average molecular weight is 819 g/mol. The van der Waals surface area contributed by atoms with Crippen molar-refractivity contribution in [2.75, 3.05) is 13.6 Å². The van der Waals surface area contributed by atoms with Crippen molar-refractivity contribution in [1.82, 2.24) is 14.7 Å². The van der Waals surface area contributed by atoms with Gasteiger partial charge in [0.05, 0.1) is 29.8 Å². The number of esters is 1. The Balaban J connectivity index is 1.28. The second kappa shape index (κ2) is 14.5. The Morgan fingerprint density at radius 2 is 1.62 bits per heavy atom. The molecule has 1 aromatic heterocycles. The van der Waals surface area contributed by atoms with Gasteiger partial charge in [-0.05, 0) is 155 Å². The lowest BCUT2D eigenvalue weighted by molar-refractivity contribution is -0.232. The largest absolute Gasteiger partial charge is 0.481 e. The number of carbonyl (C=O) groups excluding carboxylic acids is 2. The number of hydrogen-bond acceptors (Lipinski definition) is 6. The second-order valence-electron chi connectivity index (χ2n) is 21.3. The zero-order valence-electron chi connectivity index (χ0n) is 36.9. The van der Waals surface area contributed by atoms with Crippen molar-refractivity contribution in [2.45, 2.75) is 152 Å². The third kappa shape index (κ3) is 6.16. The van der Waals surface area contributed by atoms with Gasteiger partial charge in [-0.3, -0.25) is 23.9 Å². The molecule has 5 aliphatic carbocycles. The van der Waals surface area contributed by atoms with Crippen molar-refractivity contribution in [1.29, 1.82) is 0 Å². The molecule has 2 N–H and O–H groups in total. The minimum absolute atomic E-state index is 0.00917. The summed E-state index contributed by atoms with van der Waals surface area (Å²) in [4.78, 5) is 54.1. The van der Waals surface area contributed by atoms with Gasteiger partial charge in [-0.15, -0.1) is 0 Å². The number of carboxylic acids is 1. The van der Waals surface area contributed by atoms with E-state index in [1.54, 1.807) is 13.8 Å². The molecule has 1 heterocycles. The number of nitrogens with zero attached hydrogens (tertiary/aromatic N) is 2. The molecule has 0 bridgehead atoms. The third-order valence-corrected chi connectivity index (χ3v) is 17.5. The van der Waals surface area contributed by atoms with Crippen LogP contribution in [0.2, 0.25) is 5.02 Å². The number of rotatable bonds is 10. The topological polar surface area (TPSA) is 120 Å². The van der Waals surface area contributed by atoms with Crippen LogP contribution in [0, 0.1) is 57.7 Å². The Morgan fingerprint density at radius 1 is 0.948 bits per heavy atom. The van der Waals surface area contributed by atoms with Crippen LogP contribution in [0.15, 0.2) is 40.2 Å². The van der Waals surface area contributed by atoms with Crippen molar-refractivity contribution in [3.8, 4) is 5.69 Å². The quantitative estimate of drug-likeness (QED) is 0.229. The van der Waals surface area contributed by atoms with Crippen molar-refractivity contribution >= 4 is 29.3 Å². The number of benzene rings is 1. The number of ketones is 1. The van der Waals surface area contributed by atoms with Crippen molar-refractivity contribution in [3.05, 3.63) is 62.0 Å². The number of halogens is 1. The van der Waals surface area contributed by atoms with E-state index in [4.69, 9.17) is 16.3 Å². The van der Waals surface area contributed by atoms with Gasteiger partial charge < -0.3 is 15.2 Å². The summed E-state index contributed by atoms with van der Waals surface area (Å²) in [5, 5.41) is 13.6. The van der Waals surface area contributed by atoms with Gasteiger partial charge in [0, 0.05) is 34.4 Å². The molecule has 318 valence electrons. The molecular formula is C48H68ClN3O6. The zero-order valence-corrected chi connectivity index (χ0v) is 37.7. The second-order valence-corrected chi connectivity index (χ2v) is 21.7. The lowest BCUT2D eigenvalue weighted by Crippen LogP contribution is -2.66. The van der Waals surface area contributed by atoms with Crippen LogP contribution in [0.3, 0.4) is 0 Å². The van der Waals surface area contributed by atoms with Crippen molar-refractivity contribution < 1.29 is 24.2 Å². The minimum Gasteiger partial charge on any atom is -0.481 e. The minimum atomic E-state index is -1.18. The number of fused-ring (bicyclic) bond motifs is 7. The van der Waals surface area contributed by atoms with E-state index in [1.807, 2.05) is 42.9 Å². The number of carbonyl (C=O) groups is 3. The molecule has 9 nitrogen and oxygen atoms in total. The molecule has 4 saturated carbocycles. The number of aromatic nitrogens is 2. The average Bonchev–Trinajstić information content (AvgIpc) is 3.58. The van der Waals surface area contributed by atoms with Crippen LogP contribution in [0.5, 0.6) is 0 Å². The van der Waals surface area contributed by atoms with E-state index in [-0.39, 0.29) is 57.4 Å². The molecule has 8 atom stereocenters.